The highest BCUT2D eigenvalue weighted by atomic mass is 79.9. The first kappa shape index (κ1) is 25.6. The van der Waals surface area contributed by atoms with Gasteiger partial charge in [-0.1, -0.05) is 15.9 Å². The molecule has 0 spiro atoms. The molecule has 11 nitrogen and oxygen atoms in total. The maximum atomic E-state index is 11.3. The molecular weight excluding hydrogens is 513 g/mol. The molecule has 2 atom stereocenters. The molecule has 2 aromatic rings. The van der Waals surface area contributed by atoms with Crippen LogP contribution in [0.4, 0.5) is 5.69 Å². The van der Waals surface area contributed by atoms with Gasteiger partial charge in [-0.3, -0.25) is 24.2 Å². The van der Waals surface area contributed by atoms with Crippen molar-refractivity contribution in [3.05, 3.63) is 62.6 Å². The number of nitro groups is 1. The molecule has 13 heteroatoms. The van der Waals surface area contributed by atoms with Crippen molar-refractivity contribution in [1.82, 2.24) is 0 Å². The number of carbonyl (C=O) groups excluding carboxylic acids is 2. The fourth-order valence-electron chi connectivity index (χ4n) is 2.25. The zero-order chi connectivity index (χ0) is 23.7. The Hall–Kier alpha value is -2.63. The molecule has 0 saturated carbocycles. The monoisotopic (exact) mass is 531 g/mol. The summed E-state index contributed by atoms with van der Waals surface area (Å²) < 4.78 is 26.6. The minimum Gasteiger partial charge on any atom is -0.457 e. The van der Waals surface area contributed by atoms with E-state index in [9.17, 15) is 24.6 Å². The first-order valence-electron chi connectivity index (χ1n) is 8.88. The lowest BCUT2D eigenvalue weighted by Crippen LogP contribution is -2.12. The summed E-state index contributed by atoms with van der Waals surface area (Å²) in [6.45, 7) is 1.16. The Morgan fingerprint density at radius 3 is 2.31 bits per heavy atom. The summed E-state index contributed by atoms with van der Waals surface area (Å²) in [4.78, 5) is 43.3. The van der Waals surface area contributed by atoms with Gasteiger partial charge in [0.25, 0.3) is 5.69 Å². The lowest BCUT2D eigenvalue weighted by molar-refractivity contribution is -0.385. The van der Waals surface area contributed by atoms with E-state index in [4.69, 9.17) is 18.7 Å². The summed E-state index contributed by atoms with van der Waals surface area (Å²) in [5, 5.41) is 11.3. The second-order valence-corrected chi connectivity index (χ2v) is 8.24. The van der Waals surface area contributed by atoms with Crippen LogP contribution in [0.5, 0.6) is 11.5 Å². The van der Waals surface area contributed by atoms with E-state index in [1.165, 1.54) is 12.1 Å². The first-order chi connectivity index (χ1) is 15.2. The van der Waals surface area contributed by atoms with Gasteiger partial charge in [-0.05, 0) is 30.3 Å². The number of hydrogen-bond acceptors (Lipinski definition) is 10. The molecular formula is C19H19BrNO10P. The summed E-state index contributed by atoms with van der Waals surface area (Å²) >= 11 is 3.31. The maximum absolute atomic E-state index is 11.3. The van der Waals surface area contributed by atoms with Crippen LogP contribution in [0, 0.1) is 10.1 Å². The molecule has 1 unspecified atom stereocenters. The predicted octanol–water partition coefficient (Wildman–Crippen LogP) is 4.53. The average molecular weight is 532 g/mol. The van der Waals surface area contributed by atoms with Crippen molar-refractivity contribution >= 4 is 41.9 Å². The Bertz CT molecular complexity index is 956. The molecule has 32 heavy (non-hydrogen) atoms. The fourth-order valence-corrected chi connectivity index (χ4v) is 3.44. The molecule has 0 aliphatic heterocycles. The quantitative estimate of drug-likeness (QED) is 0.144. The van der Waals surface area contributed by atoms with Gasteiger partial charge in [0.05, 0.1) is 4.92 Å². The van der Waals surface area contributed by atoms with Gasteiger partial charge in [-0.25, -0.2) is 0 Å². The van der Waals surface area contributed by atoms with E-state index in [0.717, 1.165) is 24.4 Å². The zero-order valence-corrected chi connectivity index (χ0v) is 19.4. The van der Waals surface area contributed by atoms with E-state index in [2.05, 4.69) is 20.7 Å². The summed E-state index contributed by atoms with van der Waals surface area (Å²) in [7, 11) is -2.51. The van der Waals surface area contributed by atoms with Crippen molar-refractivity contribution in [2.45, 2.75) is 19.7 Å². The summed E-state index contributed by atoms with van der Waals surface area (Å²) in [6.07, 6.45) is 0. The maximum Gasteiger partial charge on any atom is 0.304 e. The Morgan fingerprint density at radius 1 is 1.09 bits per heavy atom. The number of nitro benzene ring substituents is 1. The van der Waals surface area contributed by atoms with Crippen LogP contribution in [0.3, 0.4) is 0 Å². The van der Waals surface area contributed by atoms with Crippen LogP contribution in [-0.2, 0) is 28.3 Å². The van der Waals surface area contributed by atoms with Gasteiger partial charge in [-0.2, -0.15) is 0 Å². The standard InChI is InChI=1S/C19H19BrNO10P/c1-12(22)27-10-29-19(32(26)30-11-28-13(2)23)17-9-15(21(24)25)5-8-18(17)31-16-6-3-14(20)4-7-16/h3-9,19,26H,10-11H2,1-2H3/t19-,32?/m0/s1. The fraction of sp³-hybridized carbons (Fsp3) is 0.263. The number of benzene rings is 2. The number of non-ortho nitro benzene ring substituents is 1. The number of nitrogens with zero attached hydrogens (tertiary/aromatic N) is 1. The van der Waals surface area contributed by atoms with Crippen LogP contribution in [0.15, 0.2) is 46.9 Å². The zero-order valence-electron chi connectivity index (χ0n) is 16.9. The molecule has 0 bridgehead atoms. The van der Waals surface area contributed by atoms with Gasteiger partial charge in [-0.15, -0.1) is 0 Å². The van der Waals surface area contributed by atoms with Gasteiger partial charge >= 0.3 is 11.9 Å². The van der Waals surface area contributed by atoms with Crippen LogP contribution in [0.1, 0.15) is 25.3 Å². The van der Waals surface area contributed by atoms with E-state index >= 15 is 0 Å². The Labute approximate surface area is 192 Å². The molecule has 0 aliphatic rings. The molecule has 0 saturated heterocycles. The second-order valence-electron chi connectivity index (χ2n) is 5.99. The Balaban J connectivity index is 2.40. The van der Waals surface area contributed by atoms with Crippen LogP contribution in [-0.4, -0.2) is 35.3 Å². The summed E-state index contributed by atoms with van der Waals surface area (Å²) in [5.41, 5.74) is -0.238. The number of esters is 2. The minimum absolute atomic E-state index is 0.0608. The molecule has 0 amide bonds. The Kier molecular flexibility index (Phi) is 9.95. The van der Waals surface area contributed by atoms with E-state index in [1.807, 2.05) is 0 Å². The van der Waals surface area contributed by atoms with Crippen molar-refractivity contribution in [1.29, 1.82) is 0 Å². The number of halogens is 1. The highest BCUT2D eigenvalue weighted by molar-refractivity contribution is 9.10. The topological polar surface area (TPSA) is 144 Å². The Morgan fingerprint density at radius 2 is 1.72 bits per heavy atom. The largest absolute Gasteiger partial charge is 0.457 e. The third-order valence-corrected chi connectivity index (χ3v) is 5.37. The number of rotatable bonds is 11. The first-order valence-corrected chi connectivity index (χ1v) is 11.0. The lowest BCUT2D eigenvalue weighted by Gasteiger charge is -2.24. The van der Waals surface area contributed by atoms with Crippen LogP contribution >= 0.6 is 24.3 Å². The van der Waals surface area contributed by atoms with Crippen LogP contribution in [0.2, 0.25) is 0 Å². The van der Waals surface area contributed by atoms with Crippen molar-refractivity contribution in [3.63, 3.8) is 0 Å². The molecule has 0 heterocycles. The van der Waals surface area contributed by atoms with E-state index in [0.29, 0.717) is 5.75 Å². The summed E-state index contributed by atoms with van der Waals surface area (Å²) in [5.74, 6) is -2.09. The molecule has 172 valence electrons. The van der Waals surface area contributed by atoms with Crippen molar-refractivity contribution in [2.24, 2.45) is 0 Å². The van der Waals surface area contributed by atoms with Crippen molar-refractivity contribution in [2.75, 3.05) is 13.6 Å². The number of carbonyl (C=O) groups is 2. The highest BCUT2D eigenvalue weighted by Crippen LogP contribution is 2.52. The molecule has 0 aromatic heterocycles. The molecule has 0 radical (unpaired) electrons. The van der Waals surface area contributed by atoms with Gasteiger partial charge in [0, 0.05) is 36.0 Å². The van der Waals surface area contributed by atoms with Gasteiger partial charge in [0.1, 0.15) is 11.5 Å². The van der Waals surface area contributed by atoms with Gasteiger partial charge in [0.15, 0.2) is 19.4 Å². The number of ether oxygens (including phenoxy) is 4. The predicted molar refractivity (Wildman–Crippen MR) is 115 cm³/mol. The van der Waals surface area contributed by atoms with E-state index in [-0.39, 0.29) is 17.0 Å². The van der Waals surface area contributed by atoms with Crippen LogP contribution < -0.4 is 4.74 Å². The minimum atomic E-state index is -2.51. The lowest BCUT2D eigenvalue weighted by atomic mass is 10.2. The number of hydrogen-bond donors (Lipinski definition) is 1. The third kappa shape index (κ3) is 8.13. The van der Waals surface area contributed by atoms with E-state index < -0.39 is 44.7 Å². The molecule has 2 aromatic carbocycles. The average Bonchev–Trinajstić information content (AvgIpc) is 2.72. The molecule has 1 N–H and O–H groups in total. The molecule has 2 rings (SSSR count). The summed E-state index contributed by atoms with van der Waals surface area (Å²) in [6, 6.07) is 10.5. The van der Waals surface area contributed by atoms with Crippen molar-refractivity contribution < 1.29 is 42.9 Å². The highest BCUT2D eigenvalue weighted by Gasteiger charge is 2.30. The van der Waals surface area contributed by atoms with Gasteiger partial charge < -0.3 is 23.8 Å². The van der Waals surface area contributed by atoms with E-state index in [1.54, 1.807) is 24.3 Å². The SMILES string of the molecule is CC(=O)OCO[C@H](c1cc([N+](=O)[O-])ccc1Oc1ccc(Br)cc1)P(O)OCOC(C)=O. The van der Waals surface area contributed by atoms with Gasteiger partial charge in [0.2, 0.25) is 8.38 Å². The molecule has 0 fully saturated rings. The smallest absolute Gasteiger partial charge is 0.304 e. The third-order valence-electron chi connectivity index (χ3n) is 3.65. The normalized spacial score (nSPS) is 12.5. The molecule has 0 aliphatic carbocycles. The van der Waals surface area contributed by atoms with Crippen molar-refractivity contribution in [3.8, 4) is 11.5 Å². The second kappa shape index (κ2) is 12.4. The van der Waals surface area contributed by atoms with Crippen LogP contribution in [0.25, 0.3) is 0 Å².